The van der Waals surface area contributed by atoms with Gasteiger partial charge >= 0.3 is 21.1 Å². The summed E-state index contributed by atoms with van der Waals surface area (Å²) in [6.45, 7) is 19.7. The maximum Gasteiger partial charge on any atom is 2.00 e. The summed E-state index contributed by atoms with van der Waals surface area (Å²) in [5.41, 5.74) is 13.6. The number of benzene rings is 4. The van der Waals surface area contributed by atoms with Crippen molar-refractivity contribution in [2.24, 2.45) is 5.92 Å². The predicted molar refractivity (Wildman–Crippen MR) is 202 cm³/mol. The van der Waals surface area contributed by atoms with E-state index in [1.807, 2.05) is 16.9 Å². The summed E-state index contributed by atoms with van der Waals surface area (Å²) in [7, 11) is 0. The molecule has 256 valence electrons. The van der Waals surface area contributed by atoms with Crippen molar-refractivity contribution >= 4 is 21.8 Å². The van der Waals surface area contributed by atoms with Gasteiger partial charge < -0.3 is 9.30 Å². The first-order valence-electron chi connectivity index (χ1n) is 17.3. The first-order valence-corrected chi connectivity index (χ1v) is 17.3. The number of hydrogen-bond donors (Lipinski definition) is 0. The van der Waals surface area contributed by atoms with Gasteiger partial charge in [-0.15, -0.1) is 41.3 Å². The molecule has 0 aliphatic heterocycles. The molecule has 7 rings (SSSR count). The van der Waals surface area contributed by atoms with Gasteiger partial charge in [0.2, 0.25) is 0 Å². The van der Waals surface area contributed by atoms with Crippen LogP contribution in [0.4, 0.5) is 0 Å². The van der Waals surface area contributed by atoms with Crippen molar-refractivity contribution in [3.8, 4) is 34.1 Å². The van der Waals surface area contributed by atoms with Gasteiger partial charge in [-0.2, -0.15) is 11.2 Å². The smallest absolute Gasteiger partial charge is 0.509 e. The summed E-state index contributed by atoms with van der Waals surface area (Å²) in [4.78, 5) is 4.82. The number of aryl methyl sites for hydroxylation is 4. The fourth-order valence-corrected chi connectivity index (χ4v) is 7.34. The van der Waals surface area contributed by atoms with Gasteiger partial charge in [0, 0.05) is 34.5 Å². The molecule has 0 saturated carbocycles. The zero-order chi connectivity index (χ0) is 34.6. The van der Waals surface area contributed by atoms with Gasteiger partial charge in [0.05, 0.1) is 5.69 Å². The molecule has 0 amide bonds. The maximum atomic E-state index is 6.63. The molecule has 0 N–H and O–H groups in total. The number of rotatable bonds is 8. The van der Waals surface area contributed by atoms with Crippen LogP contribution in [0.5, 0.6) is 11.5 Å². The Bertz CT molecular complexity index is 2340. The van der Waals surface area contributed by atoms with Gasteiger partial charge in [-0.1, -0.05) is 69.1 Å². The summed E-state index contributed by atoms with van der Waals surface area (Å²) < 4.78 is 10.8. The van der Waals surface area contributed by atoms with Crippen LogP contribution in [0.25, 0.3) is 44.4 Å². The Hall–Kier alpha value is -4.47. The number of aromatic nitrogens is 4. The van der Waals surface area contributed by atoms with Crippen molar-refractivity contribution in [3.63, 3.8) is 0 Å². The van der Waals surface area contributed by atoms with Crippen molar-refractivity contribution in [1.29, 1.82) is 0 Å². The van der Waals surface area contributed by atoms with E-state index in [1.54, 1.807) is 0 Å². The summed E-state index contributed by atoms with van der Waals surface area (Å²) in [6.07, 6.45) is 2.91. The Morgan fingerprint density at radius 1 is 0.760 bits per heavy atom. The predicted octanol–water partition coefficient (Wildman–Crippen LogP) is 11.3. The van der Waals surface area contributed by atoms with Gasteiger partial charge in [0.15, 0.2) is 0 Å². The summed E-state index contributed by atoms with van der Waals surface area (Å²) in [5.74, 6) is 2.98. The van der Waals surface area contributed by atoms with E-state index in [4.69, 9.17) is 14.8 Å². The third-order valence-corrected chi connectivity index (χ3v) is 9.43. The monoisotopic (exact) mass is 839 g/mol. The molecule has 0 atom stereocenters. The standard InChI is InChI=1S/C44H44N4O.Pt/c1-26(2)18-33-16-17-45-42(21-33)47-40-13-11-10-12-38(40)39-15-14-36(25-41(39)47)49-37-23-34(27(3)4)22-35(24-37)48-32(9)44(31(8)46-48)43-29(6)19-28(5)20-30(43)7;/h10-17,19-23,26-27H,18H2,1-9H3;/q-2;+2. The summed E-state index contributed by atoms with van der Waals surface area (Å²) in [6, 6.07) is 32.9. The SMILES string of the molecule is Cc1cc(C)c(-c2c(C)nn(-c3[c-]c(Oc4[c-]c5c(cc4)c4ccccc4n5-c4cc(CC(C)C)ccn4)cc(C(C)C)c3)c2C)c(C)c1.[Pt+2]. The van der Waals surface area contributed by atoms with Crippen LogP contribution in [-0.4, -0.2) is 19.3 Å². The number of pyridine rings is 1. The molecule has 0 radical (unpaired) electrons. The zero-order valence-corrected chi connectivity index (χ0v) is 32.7. The zero-order valence-electron chi connectivity index (χ0n) is 30.4. The van der Waals surface area contributed by atoms with Crippen molar-refractivity contribution in [3.05, 3.63) is 130 Å². The molecule has 4 aromatic carbocycles. The first kappa shape index (κ1) is 35.4. The van der Waals surface area contributed by atoms with Gasteiger partial charge in [0.1, 0.15) is 5.82 Å². The van der Waals surface area contributed by atoms with E-state index in [0.29, 0.717) is 17.4 Å². The maximum absolute atomic E-state index is 6.63. The van der Waals surface area contributed by atoms with Crippen molar-refractivity contribution in [2.75, 3.05) is 0 Å². The fourth-order valence-electron chi connectivity index (χ4n) is 7.34. The van der Waals surface area contributed by atoms with E-state index in [9.17, 15) is 0 Å². The van der Waals surface area contributed by atoms with E-state index < -0.39 is 0 Å². The van der Waals surface area contributed by atoms with Crippen LogP contribution in [0, 0.1) is 52.7 Å². The van der Waals surface area contributed by atoms with Crippen LogP contribution < -0.4 is 4.74 Å². The van der Waals surface area contributed by atoms with Gasteiger partial charge in [0.25, 0.3) is 0 Å². The van der Waals surface area contributed by atoms with E-state index in [1.165, 1.54) is 33.4 Å². The minimum atomic E-state index is 0. The Balaban J connectivity index is 0.00000432. The molecule has 0 fully saturated rings. The van der Waals surface area contributed by atoms with Crippen LogP contribution in [-0.2, 0) is 27.5 Å². The topological polar surface area (TPSA) is 44.9 Å². The van der Waals surface area contributed by atoms with Crippen molar-refractivity contribution < 1.29 is 25.8 Å². The average Bonchev–Trinajstić information content (AvgIpc) is 3.53. The molecule has 6 heteroatoms. The minimum Gasteiger partial charge on any atom is -0.509 e. The molecule has 50 heavy (non-hydrogen) atoms. The van der Waals surface area contributed by atoms with Gasteiger partial charge in [-0.3, -0.25) is 4.68 Å². The third-order valence-electron chi connectivity index (χ3n) is 9.43. The molecular formula is C44H44N4OPt. The fraction of sp³-hybridized carbons (Fsp3) is 0.273. The molecule has 0 saturated heterocycles. The molecule has 5 nitrogen and oxygen atoms in total. The van der Waals surface area contributed by atoms with Crippen LogP contribution in [0.15, 0.2) is 79.0 Å². The quantitative estimate of drug-likeness (QED) is 0.143. The first-order chi connectivity index (χ1) is 23.5. The Labute approximate surface area is 310 Å². The molecule has 0 bridgehead atoms. The van der Waals surface area contributed by atoms with Crippen LogP contribution in [0.2, 0.25) is 0 Å². The number of ether oxygens (including phenoxy) is 1. The second-order valence-electron chi connectivity index (χ2n) is 14.2. The van der Waals surface area contributed by atoms with Gasteiger partial charge in [-0.05, 0) is 104 Å². The molecule has 7 aromatic rings. The summed E-state index contributed by atoms with van der Waals surface area (Å²) in [5, 5.41) is 7.32. The van der Waals surface area contributed by atoms with Crippen LogP contribution in [0.1, 0.15) is 72.8 Å². The number of fused-ring (bicyclic) bond motifs is 3. The molecule has 0 aliphatic carbocycles. The normalized spacial score (nSPS) is 11.6. The molecule has 0 aliphatic rings. The van der Waals surface area contributed by atoms with Gasteiger partial charge in [-0.25, -0.2) is 4.98 Å². The average molecular weight is 840 g/mol. The molecular weight excluding hydrogens is 796 g/mol. The molecule has 3 heterocycles. The molecule has 0 unspecified atom stereocenters. The molecule has 0 spiro atoms. The van der Waals surface area contributed by atoms with E-state index in [-0.39, 0.29) is 27.0 Å². The molecule has 3 aromatic heterocycles. The second-order valence-corrected chi connectivity index (χ2v) is 14.2. The Morgan fingerprint density at radius 3 is 2.22 bits per heavy atom. The van der Waals surface area contributed by atoms with Crippen LogP contribution in [0.3, 0.4) is 0 Å². The van der Waals surface area contributed by atoms with E-state index >= 15 is 0 Å². The van der Waals surface area contributed by atoms with E-state index in [0.717, 1.165) is 56.7 Å². The third kappa shape index (κ3) is 6.56. The summed E-state index contributed by atoms with van der Waals surface area (Å²) >= 11 is 0. The minimum absolute atomic E-state index is 0. The van der Waals surface area contributed by atoms with E-state index in [2.05, 4.69) is 146 Å². The Morgan fingerprint density at radius 2 is 1.50 bits per heavy atom. The number of hydrogen-bond acceptors (Lipinski definition) is 3. The number of para-hydroxylation sites is 1. The second kappa shape index (κ2) is 14.0. The van der Waals surface area contributed by atoms with Crippen LogP contribution >= 0.6 is 0 Å². The largest absolute Gasteiger partial charge is 2.00 e. The van der Waals surface area contributed by atoms with Crippen molar-refractivity contribution in [2.45, 2.75) is 74.7 Å². The number of nitrogens with zero attached hydrogens (tertiary/aromatic N) is 4. The Kier molecular flexibility index (Phi) is 9.93. The van der Waals surface area contributed by atoms with Crippen molar-refractivity contribution in [1.82, 2.24) is 19.3 Å².